The second-order valence-electron chi connectivity index (χ2n) is 3.53. The maximum Gasteiger partial charge on any atom is 1.00 e. The molecule has 3 fully saturated rings. The Hall–Kier alpha value is 0.597. The molecule has 0 amide bonds. The number of hydrogen-bond acceptors (Lipinski definition) is 0. The summed E-state index contributed by atoms with van der Waals surface area (Å²) in [5.41, 5.74) is 0.879. The van der Waals surface area contributed by atoms with Crippen molar-refractivity contribution in [3.63, 3.8) is 0 Å². The third-order valence-electron chi connectivity index (χ3n) is 2.66. The summed E-state index contributed by atoms with van der Waals surface area (Å²) in [5.74, 6) is 1.85. The SMILES string of the molecule is CCCC12C[C-](C1)C2.[Li+]. The predicted octanol–water partition coefficient (Wildman–Crippen LogP) is -0.451. The van der Waals surface area contributed by atoms with Gasteiger partial charge in [-0.25, -0.2) is 0 Å². The third-order valence-corrected chi connectivity index (χ3v) is 2.66. The van der Waals surface area contributed by atoms with Gasteiger partial charge in [0.05, 0.1) is 0 Å². The van der Waals surface area contributed by atoms with Crippen LogP contribution in [0.25, 0.3) is 0 Å². The van der Waals surface area contributed by atoms with Crippen LogP contribution in [0.3, 0.4) is 0 Å². The van der Waals surface area contributed by atoms with Crippen LogP contribution in [0.2, 0.25) is 0 Å². The first kappa shape index (κ1) is 7.70. The Morgan fingerprint density at radius 3 is 2.00 bits per heavy atom. The van der Waals surface area contributed by atoms with Crippen molar-refractivity contribution in [2.45, 2.75) is 39.0 Å². The fourth-order valence-corrected chi connectivity index (χ4v) is 2.23. The third kappa shape index (κ3) is 0.974. The predicted molar refractivity (Wildman–Crippen MR) is 34.4 cm³/mol. The maximum atomic E-state index is 2.30. The average molecular weight is 116 g/mol. The second kappa shape index (κ2) is 2.33. The zero-order valence-corrected chi connectivity index (χ0v) is 6.54. The number of rotatable bonds is 2. The summed E-state index contributed by atoms with van der Waals surface area (Å²) < 4.78 is 0. The Bertz CT molecular complexity index is 92.1. The van der Waals surface area contributed by atoms with Gasteiger partial charge in [-0.05, 0) is 0 Å². The van der Waals surface area contributed by atoms with Crippen molar-refractivity contribution in [2.75, 3.05) is 0 Å². The van der Waals surface area contributed by atoms with Crippen LogP contribution in [0.1, 0.15) is 39.0 Å². The van der Waals surface area contributed by atoms with Crippen molar-refractivity contribution in [1.29, 1.82) is 0 Å². The molecule has 3 aliphatic carbocycles. The molecule has 46 valence electrons. The summed E-state index contributed by atoms with van der Waals surface area (Å²) in [6.45, 7) is 2.30. The summed E-state index contributed by atoms with van der Waals surface area (Å²) >= 11 is 0. The Morgan fingerprint density at radius 1 is 1.33 bits per heavy atom. The first-order chi connectivity index (χ1) is 3.85. The van der Waals surface area contributed by atoms with E-state index in [1.54, 1.807) is 0 Å². The van der Waals surface area contributed by atoms with Crippen molar-refractivity contribution < 1.29 is 18.9 Å². The van der Waals surface area contributed by atoms with Crippen LogP contribution in [0.15, 0.2) is 0 Å². The molecule has 0 aromatic heterocycles. The normalized spacial score (nSPS) is 27.7. The van der Waals surface area contributed by atoms with E-state index in [0.717, 1.165) is 5.41 Å². The van der Waals surface area contributed by atoms with E-state index in [1.807, 2.05) is 5.92 Å². The molecule has 1 heteroatoms. The smallest absolute Gasteiger partial charge is 0.313 e. The number of hydrogen-bond donors (Lipinski definition) is 0. The van der Waals surface area contributed by atoms with Crippen LogP contribution < -0.4 is 18.9 Å². The van der Waals surface area contributed by atoms with E-state index >= 15 is 0 Å². The zero-order valence-electron chi connectivity index (χ0n) is 6.54. The van der Waals surface area contributed by atoms with E-state index in [1.165, 1.54) is 32.1 Å². The van der Waals surface area contributed by atoms with Gasteiger partial charge in [0.15, 0.2) is 0 Å². The molecule has 0 atom stereocenters. The zero-order chi connectivity index (χ0) is 5.61. The molecular formula is C8H13Li. The maximum absolute atomic E-state index is 2.30. The van der Waals surface area contributed by atoms with Crippen LogP contribution in [0.5, 0.6) is 0 Å². The largest absolute Gasteiger partial charge is 1.00 e. The molecule has 0 heterocycles. The molecule has 0 nitrogen and oxygen atoms in total. The monoisotopic (exact) mass is 116 g/mol. The van der Waals surface area contributed by atoms with E-state index < -0.39 is 0 Å². The van der Waals surface area contributed by atoms with Crippen molar-refractivity contribution in [3.8, 4) is 0 Å². The van der Waals surface area contributed by atoms with Crippen LogP contribution in [-0.2, 0) is 0 Å². The van der Waals surface area contributed by atoms with E-state index in [9.17, 15) is 0 Å². The summed E-state index contributed by atoms with van der Waals surface area (Å²) in [6.07, 6.45) is 7.40. The quantitative estimate of drug-likeness (QED) is 0.338. The minimum Gasteiger partial charge on any atom is -0.313 e. The molecule has 0 radical (unpaired) electrons. The van der Waals surface area contributed by atoms with E-state index in [2.05, 4.69) is 6.92 Å². The molecule has 3 saturated carbocycles. The van der Waals surface area contributed by atoms with Gasteiger partial charge in [-0.2, -0.15) is 19.3 Å². The molecule has 0 aromatic carbocycles. The van der Waals surface area contributed by atoms with Gasteiger partial charge in [0.1, 0.15) is 0 Å². The Balaban J connectivity index is 0.000000405. The molecule has 0 aliphatic heterocycles. The summed E-state index contributed by atoms with van der Waals surface area (Å²) in [4.78, 5) is 0. The molecule has 0 spiro atoms. The van der Waals surface area contributed by atoms with Gasteiger partial charge < -0.3 is 5.92 Å². The van der Waals surface area contributed by atoms with Crippen molar-refractivity contribution in [3.05, 3.63) is 5.92 Å². The van der Waals surface area contributed by atoms with E-state index in [-0.39, 0.29) is 18.9 Å². The standard InChI is InChI=1S/C8H13.Li/c1-2-3-8-4-7(5-8)6-8;/h2-6H2,1H3;/q-1;+1. The van der Waals surface area contributed by atoms with Gasteiger partial charge >= 0.3 is 18.9 Å². The van der Waals surface area contributed by atoms with Crippen molar-refractivity contribution >= 4 is 0 Å². The topological polar surface area (TPSA) is 0 Å². The van der Waals surface area contributed by atoms with Gasteiger partial charge in [-0.15, -0.1) is 5.41 Å². The second-order valence-corrected chi connectivity index (χ2v) is 3.53. The molecule has 0 unspecified atom stereocenters. The van der Waals surface area contributed by atoms with Gasteiger partial charge in [0.25, 0.3) is 0 Å². The fraction of sp³-hybridized carbons (Fsp3) is 0.875. The molecule has 0 aromatic rings. The molecule has 3 rings (SSSR count). The van der Waals surface area contributed by atoms with E-state index in [0.29, 0.717) is 0 Å². The van der Waals surface area contributed by atoms with Gasteiger partial charge in [-0.1, -0.05) is 19.8 Å². The minimum atomic E-state index is 0. The summed E-state index contributed by atoms with van der Waals surface area (Å²) in [6, 6.07) is 0. The Morgan fingerprint density at radius 2 is 1.89 bits per heavy atom. The molecule has 2 bridgehead atoms. The molecule has 9 heavy (non-hydrogen) atoms. The Kier molecular flexibility index (Phi) is 1.99. The fourth-order valence-electron chi connectivity index (χ4n) is 2.23. The van der Waals surface area contributed by atoms with Crippen molar-refractivity contribution in [1.82, 2.24) is 0 Å². The summed E-state index contributed by atoms with van der Waals surface area (Å²) in [5, 5.41) is 0. The van der Waals surface area contributed by atoms with Gasteiger partial charge in [0, 0.05) is 0 Å². The van der Waals surface area contributed by atoms with Crippen LogP contribution in [0.4, 0.5) is 0 Å². The first-order valence-corrected chi connectivity index (χ1v) is 3.68. The van der Waals surface area contributed by atoms with E-state index in [4.69, 9.17) is 0 Å². The van der Waals surface area contributed by atoms with Crippen molar-refractivity contribution in [2.24, 2.45) is 5.41 Å². The minimum absolute atomic E-state index is 0. The first-order valence-electron chi connectivity index (χ1n) is 3.68. The molecule has 3 aliphatic rings. The van der Waals surface area contributed by atoms with Crippen LogP contribution >= 0.6 is 0 Å². The average Bonchev–Trinajstić information content (AvgIpc) is 1.50. The van der Waals surface area contributed by atoms with Gasteiger partial charge in [0.2, 0.25) is 0 Å². The Labute approximate surface area is 69.6 Å². The van der Waals surface area contributed by atoms with Crippen LogP contribution in [-0.4, -0.2) is 0 Å². The van der Waals surface area contributed by atoms with Crippen LogP contribution in [0, 0.1) is 11.3 Å². The van der Waals surface area contributed by atoms with Gasteiger partial charge in [-0.3, -0.25) is 0 Å². The summed E-state index contributed by atoms with van der Waals surface area (Å²) in [7, 11) is 0. The molecular weight excluding hydrogens is 103 g/mol. The molecule has 0 saturated heterocycles. The molecule has 0 N–H and O–H groups in total.